The number of amides is 1. The maximum absolute atomic E-state index is 12.8. The molecule has 0 atom stereocenters. The van der Waals surface area contributed by atoms with Gasteiger partial charge in [0, 0.05) is 11.9 Å². The molecule has 2 N–H and O–H groups in total. The summed E-state index contributed by atoms with van der Waals surface area (Å²) in [7, 11) is -2.28. The highest BCUT2D eigenvalue weighted by Crippen LogP contribution is 2.27. The number of hydrogen-bond donors (Lipinski definition) is 2. The van der Waals surface area contributed by atoms with Crippen molar-refractivity contribution in [1.29, 1.82) is 0 Å². The lowest BCUT2D eigenvalue weighted by Crippen LogP contribution is -2.15. The molecule has 0 aliphatic carbocycles. The molecule has 1 heterocycles. The number of carbonyl (C=O) groups excluding carboxylic acids is 1. The zero-order chi connectivity index (χ0) is 21.8. The number of carbonyl (C=O) groups is 1. The van der Waals surface area contributed by atoms with Crippen LogP contribution in [-0.4, -0.2) is 26.4 Å². The van der Waals surface area contributed by atoms with Crippen molar-refractivity contribution in [2.75, 3.05) is 17.1 Å². The van der Waals surface area contributed by atoms with Crippen LogP contribution in [-0.2, 0) is 10.0 Å². The molecule has 7 nitrogen and oxygen atoms in total. The molecule has 8 heteroatoms. The van der Waals surface area contributed by atoms with E-state index in [4.69, 9.17) is 4.74 Å². The van der Waals surface area contributed by atoms with Gasteiger partial charge in [0.2, 0.25) is 0 Å². The highest BCUT2D eigenvalue weighted by atomic mass is 32.2. The van der Waals surface area contributed by atoms with Gasteiger partial charge in [-0.15, -0.1) is 0 Å². The summed E-state index contributed by atoms with van der Waals surface area (Å²) in [5, 5.41) is 4.66. The fraction of sp³-hybridized carbons (Fsp3) is 0.0435. The van der Waals surface area contributed by atoms with E-state index in [2.05, 4.69) is 15.0 Å². The summed E-state index contributed by atoms with van der Waals surface area (Å²) in [6.45, 7) is 0. The second-order valence-electron chi connectivity index (χ2n) is 6.70. The molecule has 1 amide bonds. The van der Waals surface area contributed by atoms with E-state index in [0.29, 0.717) is 17.0 Å². The van der Waals surface area contributed by atoms with Gasteiger partial charge < -0.3 is 10.1 Å². The van der Waals surface area contributed by atoms with Crippen LogP contribution in [0.3, 0.4) is 0 Å². The van der Waals surface area contributed by atoms with E-state index in [0.717, 1.165) is 10.8 Å². The quantitative estimate of drug-likeness (QED) is 0.473. The Kier molecular flexibility index (Phi) is 5.55. The van der Waals surface area contributed by atoms with Crippen LogP contribution in [0.1, 0.15) is 10.4 Å². The van der Waals surface area contributed by atoms with Crippen molar-refractivity contribution in [3.05, 3.63) is 90.6 Å². The predicted molar refractivity (Wildman–Crippen MR) is 120 cm³/mol. The Bertz CT molecular complexity index is 1340. The van der Waals surface area contributed by atoms with Crippen molar-refractivity contribution in [3.63, 3.8) is 0 Å². The van der Waals surface area contributed by atoms with E-state index >= 15 is 0 Å². The van der Waals surface area contributed by atoms with Gasteiger partial charge in [0.15, 0.2) is 0 Å². The fourth-order valence-electron chi connectivity index (χ4n) is 3.10. The van der Waals surface area contributed by atoms with E-state index in [1.54, 1.807) is 24.3 Å². The highest BCUT2D eigenvalue weighted by molar-refractivity contribution is 7.92. The molecular formula is C23H19N3O4S. The smallest absolute Gasteiger partial charge is 0.263 e. The Morgan fingerprint density at radius 1 is 0.903 bits per heavy atom. The number of hydrogen-bond acceptors (Lipinski definition) is 5. The Balaban J connectivity index is 1.54. The topological polar surface area (TPSA) is 97.4 Å². The van der Waals surface area contributed by atoms with Gasteiger partial charge in [-0.2, -0.15) is 0 Å². The van der Waals surface area contributed by atoms with Crippen molar-refractivity contribution in [1.82, 2.24) is 4.98 Å². The number of ether oxygens (including phenoxy) is 1. The number of rotatable bonds is 6. The molecule has 0 bridgehead atoms. The zero-order valence-corrected chi connectivity index (χ0v) is 17.4. The van der Waals surface area contributed by atoms with Crippen molar-refractivity contribution >= 4 is 38.2 Å². The molecule has 3 aromatic carbocycles. The lowest BCUT2D eigenvalue weighted by molar-refractivity contribution is 0.102. The van der Waals surface area contributed by atoms with Crippen LogP contribution >= 0.6 is 0 Å². The molecule has 1 aromatic heterocycles. The summed E-state index contributed by atoms with van der Waals surface area (Å²) < 4.78 is 32.8. The number of nitrogens with one attached hydrogen (secondary N) is 2. The van der Waals surface area contributed by atoms with Gasteiger partial charge in [-0.3, -0.25) is 9.52 Å². The third-order valence-electron chi connectivity index (χ3n) is 4.64. The Labute approximate surface area is 179 Å². The highest BCUT2D eigenvalue weighted by Gasteiger charge is 2.17. The lowest BCUT2D eigenvalue weighted by atomic mass is 10.1. The van der Waals surface area contributed by atoms with E-state index in [1.165, 1.54) is 37.6 Å². The zero-order valence-electron chi connectivity index (χ0n) is 16.6. The van der Waals surface area contributed by atoms with Gasteiger partial charge in [0.1, 0.15) is 11.6 Å². The van der Waals surface area contributed by atoms with E-state index in [1.807, 2.05) is 30.3 Å². The van der Waals surface area contributed by atoms with Crippen molar-refractivity contribution in [2.24, 2.45) is 0 Å². The van der Waals surface area contributed by atoms with Gasteiger partial charge in [0.05, 0.1) is 17.6 Å². The normalized spacial score (nSPS) is 11.1. The number of anilines is 2. The summed E-state index contributed by atoms with van der Waals surface area (Å²) in [5.74, 6) is 0.322. The van der Waals surface area contributed by atoms with Gasteiger partial charge in [-0.05, 0) is 59.3 Å². The third-order valence-corrected chi connectivity index (χ3v) is 6.01. The second-order valence-corrected chi connectivity index (χ2v) is 8.38. The summed E-state index contributed by atoms with van der Waals surface area (Å²) in [6.07, 6.45) is 1.50. The molecule has 0 saturated heterocycles. The molecule has 156 valence electrons. The summed E-state index contributed by atoms with van der Waals surface area (Å²) in [5.41, 5.74) is 0.840. The van der Waals surface area contributed by atoms with Crippen LogP contribution in [0.2, 0.25) is 0 Å². The summed E-state index contributed by atoms with van der Waals surface area (Å²) >= 11 is 0. The average Bonchev–Trinajstić information content (AvgIpc) is 2.79. The first-order valence-electron chi connectivity index (χ1n) is 9.38. The number of fused-ring (bicyclic) bond motifs is 1. The predicted octanol–water partition coefficient (Wildman–Crippen LogP) is 4.30. The minimum absolute atomic E-state index is 0.0550. The molecule has 4 aromatic rings. The van der Waals surface area contributed by atoms with Crippen LogP contribution < -0.4 is 14.8 Å². The monoisotopic (exact) mass is 433 g/mol. The number of sulfonamides is 1. The molecule has 0 saturated carbocycles. The van der Waals surface area contributed by atoms with Gasteiger partial charge in [-0.1, -0.05) is 30.3 Å². The van der Waals surface area contributed by atoms with Crippen LogP contribution in [0.15, 0.2) is 90.0 Å². The lowest BCUT2D eigenvalue weighted by Gasteiger charge is -2.12. The molecule has 0 fully saturated rings. The second kappa shape index (κ2) is 8.45. The molecule has 0 aliphatic rings. The molecule has 0 unspecified atom stereocenters. The third kappa shape index (κ3) is 4.49. The average molecular weight is 433 g/mol. The molecule has 4 rings (SSSR count). The van der Waals surface area contributed by atoms with E-state index in [9.17, 15) is 13.2 Å². The minimum atomic E-state index is -3.79. The molecule has 31 heavy (non-hydrogen) atoms. The number of pyridine rings is 1. The van der Waals surface area contributed by atoms with Crippen LogP contribution in [0, 0.1) is 0 Å². The number of methoxy groups -OCH3 is 1. The van der Waals surface area contributed by atoms with Crippen LogP contribution in [0.5, 0.6) is 5.75 Å². The fourth-order valence-corrected chi connectivity index (χ4v) is 4.11. The molecule has 0 radical (unpaired) electrons. The number of aromatic nitrogens is 1. The van der Waals surface area contributed by atoms with Gasteiger partial charge in [0.25, 0.3) is 15.9 Å². The number of nitrogens with zero attached hydrogens (tertiary/aromatic N) is 1. The van der Waals surface area contributed by atoms with E-state index in [-0.39, 0.29) is 16.6 Å². The SMILES string of the molecule is COc1cc2ccccc2cc1C(=O)Nc1ccc(S(=O)(=O)Nc2ccccn2)cc1. The first kappa shape index (κ1) is 20.4. The van der Waals surface area contributed by atoms with Crippen LogP contribution in [0.25, 0.3) is 10.8 Å². The van der Waals surface area contributed by atoms with E-state index < -0.39 is 10.0 Å². The van der Waals surface area contributed by atoms with Gasteiger partial charge in [-0.25, -0.2) is 13.4 Å². The largest absolute Gasteiger partial charge is 0.496 e. The summed E-state index contributed by atoms with van der Waals surface area (Å²) in [6, 6.07) is 22.1. The van der Waals surface area contributed by atoms with Crippen molar-refractivity contribution < 1.29 is 17.9 Å². The summed E-state index contributed by atoms with van der Waals surface area (Å²) in [4.78, 5) is 16.8. The Hall–Kier alpha value is -3.91. The first-order chi connectivity index (χ1) is 15.0. The van der Waals surface area contributed by atoms with Crippen LogP contribution in [0.4, 0.5) is 11.5 Å². The Morgan fingerprint density at radius 3 is 2.23 bits per heavy atom. The molecular weight excluding hydrogens is 414 g/mol. The molecule has 0 aliphatic heterocycles. The minimum Gasteiger partial charge on any atom is -0.496 e. The molecule has 0 spiro atoms. The standard InChI is InChI=1S/C23H19N3O4S/c1-30-21-15-17-7-3-2-6-16(17)14-20(21)23(27)25-18-9-11-19(12-10-18)31(28,29)26-22-8-4-5-13-24-22/h2-15H,1H3,(H,24,26)(H,25,27). The maximum Gasteiger partial charge on any atom is 0.263 e. The van der Waals surface area contributed by atoms with Crippen molar-refractivity contribution in [2.45, 2.75) is 4.90 Å². The number of benzene rings is 3. The first-order valence-corrected chi connectivity index (χ1v) is 10.9. The Morgan fingerprint density at radius 2 is 1.58 bits per heavy atom. The van der Waals surface area contributed by atoms with Crippen molar-refractivity contribution in [3.8, 4) is 5.75 Å². The van der Waals surface area contributed by atoms with Gasteiger partial charge >= 0.3 is 0 Å². The maximum atomic E-state index is 12.8.